The predicted octanol–water partition coefficient (Wildman–Crippen LogP) is 1.71. The van der Waals surface area contributed by atoms with E-state index in [1.165, 1.54) is 16.4 Å². The lowest BCUT2D eigenvalue weighted by Gasteiger charge is -2.32. The molecule has 2 aliphatic heterocycles. The fourth-order valence-corrected chi connectivity index (χ4v) is 6.09. The molecular formula is C18H24FN5O2S. The van der Waals surface area contributed by atoms with Crippen molar-refractivity contribution < 1.29 is 12.8 Å². The average Bonchev–Trinajstić information content (AvgIpc) is 3.05. The Balaban J connectivity index is 1.53. The summed E-state index contributed by atoms with van der Waals surface area (Å²) in [7, 11) is -3.64. The molecule has 146 valence electrons. The van der Waals surface area contributed by atoms with Crippen LogP contribution in [0.5, 0.6) is 0 Å². The number of hydrogen-bond acceptors (Lipinski definition) is 5. The van der Waals surface area contributed by atoms with Crippen molar-refractivity contribution in [3.05, 3.63) is 40.7 Å². The Morgan fingerprint density at radius 2 is 1.78 bits per heavy atom. The quantitative estimate of drug-likeness (QED) is 0.859. The molecule has 4 rings (SSSR count). The van der Waals surface area contributed by atoms with Crippen LogP contribution in [-0.2, 0) is 23.1 Å². The standard InChI is InChI=1S/C18H24FN5O2S/c1-12-9-15(19)10-13(2)17(12)27(25,26)23-6-3-14(4-7-23)18-22-21-16-11-20-5-8-24(16)18/h9-10,14,20H,3-8,11H2,1-2H3. The molecule has 9 heteroatoms. The molecule has 2 aliphatic rings. The van der Waals surface area contributed by atoms with Gasteiger partial charge in [0.05, 0.1) is 11.4 Å². The van der Waals surface area contributed by atoms with Gasteiger partial charge in [0.15, 0.2) is 0 Å². The van der Waals surface area contributed by atoms with Crippen molar-refractivity contribution in [3.8, 4) is 0 Å². The summed E-state index contributed by atoms with van der Waals surface area (Å²) in [6.07, 6.45) is 1.42. The van der Waals surface area contributed by atoms with Crippen LogP contribution in [0, 0.1) is 19.7 Å². The van der Waals surface area contributed by atoms with E-state index in [1.54, 1.807) is 13.8 Å². The minimum atomic E-state index is -3.64. The Morgan fingerprint density at radius 3 is 2.44 bits per heavy atom. The molecule has 3 heterocycles. The van der Waals surface area contributed by atoms with Crippen LogP contribution < -0.4 is 5.32 Å². The van der Waals surface area contributed by atoms with Crippen molar-refractivity contribution in [2.45, 2.75) is 50.6 Å². The van der Waals surface area contributed by atoms with E-state index in [2.05, 4.69) is 20.1 Å². The first-order valence-electron chi connectivity index (χ1n) is 9.27. The largest absolute Gasteiger partial charge is 0.312 e. The van der Waals surface area contributed by atoms with Crippen LogP contribution in [0.4, 0.5) is 4.39 Å². The van der Waals surface area contributed by atoms with E-state index in [-0.39, 0.29) is 10.8 Å². The van der Waals surface area contributed by atoms with E-state index in [1.807, 2.05) is 0 Å². The third-order valence-electron chi connectivity index (χ3n) is 5.49. The maximum absolute atomic E-state index is 13.6. The van der Waals surface area contributed by atoms with E-state index in [0.29, 0.717) is 37.1 Å². The number of nitrogens with zero attached hydrogens (tertiary/aromatic N) is 4. The number of halogens is 1. The van der Waals surface area contributed by atoms with Gasteiger partial charge >= 0.3 is 0 Å². The highest BCUT2D eigenvalue weighted by molar-refractivity contribution is 7.89. The summed E-state index contributed by atoms with van der Waals surface area (Å²) in [6.45, 7) is 6.63. The van der Waals surface area contributed by atoms with Gasteiger partial charge in [-0.25, -0.2) is 12.8 Å². The molecule has 0 bridgehead atoms. The maximum Gasteiger partial charge on any atom is 0.243 e. The van der Waals surface area contributed by atoms with Crippen molar-refractivity contribution in [2.24, 2.45) is 0 Å². The number of aromatic nitrogens is 3. The lowest BCUT2D eigenvalue weighted by atomic mass is 9.97. The first kappa shape index (κ1) is 18.5. The molecule has 0 unspecified atom stereocenters. The van der Waals surface area contributed by atoms with Gasteiger partial charge in [-0.2, -0.15) is 4.31 Å². The Morgan fingerprint density at radius 1 is 1.11 bits per heavy atom. The highest BCUT2D eigenvalue weighted by atomic mass is 32.2. The minimum Gasteiger partial charge on any atom is -0.312 e. The predicted molar refractivity (Wildman–Crippen MR) is 98.3 cm³/mol. The van der Waals surface area contributed by atoms with Gasteiger partial charge in [0.25, 0.3) is 0 Å². The van der Waals surface area contributed by atoms with E-state index in [9.17, 15) is 12.8 Å². The third-order valence-corrected chi connectivity index (χ3v) is 7.70. The second-order valence-corrected chi connectivity index (χ2v) is 9.22. The van der Waals surface area contributed by atoms with Gasteiger partial charge in [0.2, 0.25) is 10.0 Å². The highest BCUT2D eigenvalue weighted by Gasteiger charge is 2.34. The number of aryl methyl sites for hydroxylation is 2. The zero-order chi connectivity index (χ0) is 19.2. The molecule has 1 N–H and O–H groups in total. The first-order valence-corrected chi connectivity index (χ1v) is 10.7. The Labute approximate surface area is 158 Å². The Hall–Kier alpha value is -1.84. The van der Waals surface area contributed by atoms with Crippen molar-refractivity contribution in [3.63, 3.8) is 0 Å². The SMILES string of the molecule is Cc1cc(F)cc(C)c1S(=O)(=O)N1CCC(c2nnc3n2CCNC3)CC1. The number of piperidine rings is 1. The molecule has 0 atom stereocenters. The molecule has 1 fully saturated rings. The van der Waals surface area contributed by atoms with Crippen LogP contribution in [0.2, 0.25) is 0 Å². The summed E-state index contributed by atoms with van der Waals surface area (Å²) >= 11 is 0. The van der Waals surface area contributed by atoms with Crippen molar-refractivity contribution in [1.29, 1.82) is 0 Å². The normalized spacial score (nSPS) is 19.2. The molecule has 0 spiro atoms. The molecule has 0 aliphatic carbocycles. The van der Waals surface area contributed by atoms with Gasteiger partial charge in [0.1, 0.15) is 17.5 Å². The smallest absolute Gasteiger partial charge is 0.243 e. The van der Waals surface area contributed by atoms with Crippen LogP contribution in [0.25, 0.3) is 0 Å². The highest BCUT2D eigenvalue weighted by Crippen LogP contribution is 2.32. The number of fused-ring (bicyclic) bond motifs is 1. The maximum atomic E-state index is 13.6. The zero-order valence-corrected chi connectivity index (χ0v) is 16.4. The summed E-state index contributed by atoms with van der Waals surface area (Å²) in [6, 6.07) is 2.56. The molecular weight excluding hydrogens is 369 g/mol. The molecule has 0 radical (unpaired) electrons. The minimum absolute atomic E-state index is 0.214. The summed E-state index contributed by atoms with van der Waals surface area (Å²) in [4.78, 5) is 0.230. The van der Waals surface area contributed by atoms with Gasteiger partial charge < -0.3 is 9.88 Å². The molecule has 0 amide bonds. The van der Waals surface area contributed by atoms with Crippen LogP contribution in [0.1, 0.15) is 41.5 Å². The van der Waals surface area contributed by atoms with E-state index < -0.39 is 15.8 Å². The topological polar surface area (TPSA) is 80.1 Å². The van der Waals surface area contributed by atoms with Gasteiger partial charge in [-0.3, -0.25) is 0 Å². The van der Waals surface area contributed by atoms with Gasteiger partial charge in [-0.05, 0) is 49.9 Å². The number of nitrogens with one attached hydrogen (secondary N) is 1. The van der Waals surface area contributed by atoms with Crippen molar-refractivity contribution in [2.75, 3.05) is 19.6 Å². The molecule has 27 heavy (non-hydrogen) atoms. The van der Waals surface area contributed by atoms with E-state index in [4.69, 9.17) is 0 Å². The molecule has 0 saturated carbocycles. The molecule has 1 aromatic carbocycles. The van der Waals surface area contributed by atoms with Crippen LogP contribution in [0.3, 0.4) is 0 Å². The summed E-state index contributed by atoms with van der Waals surface area (Å²) in [5, 5.41) is 11.9. The number of benzene rings is 1. The Bertz CT molecular complexity index is 941. The van der Waals surface area contributed by atoms with Crippen LogP contribution >= 0.6 is 0 Å². The lowest BCUT2D eigenvalue weighted by Crippen LogP contribution is -2.39. The van der Waals surface area contributed by atoms with Crippen LogP contribution in [-0.4, -0.2) is 47.1 Å². The number of hydrogen-bond donors (Lipinski definition) is 1. The van der Waals surface area contributed by atoms with Gasteiger partial charge in [0, 0.05) is 32.1 Å². The van der Waals surface area contributed by atoms with Crippen molar-refractivity contribution in [1.82, 2.24) is 24.4 Å². The third kappa shape index (κ3) is 3.28. The Kier molecular flexibility index (Phi) is 4.77. The number of rotatable bonds is 3. The second-order valence-electron chi connectivity index (χ2n) is 7.35. The second kappa shape index (κ2) is 6.96. The molecule has 1 saturated heterocycles. The van der Waals surface area contributed by atoms with Crippen molar-refractivity contribution >= 4 is 10.0 Å². The molecule has 7 nitrogen and oxygen atoms in total. The first-order chi connectivity index (χ1) is 12.9. The summed E-state index contributed by atoms with van der Waals surface area (Å²) in [5.74, 6) is 1.72. The number of sulfonamides is 1. The van der Waals surface area contributed by atoms with Gasteiger partial charge in [-0.15, -0.1) is 10.2 Å². The molecule has 1 aromatic heterocycles. The molecule has 2 aromatic rings. The lowest BCUT2D eigenvalue weighted by molar-refractivity contribution is 0.307. The van der Waals surface area contributed by atoms with E-state index >= 15 is 0 Å². The fourth-order valence-electron chi connectivity index (χ4n) is 4.20. The van der Waals surface area contributed by atoms with Crippen LogP contribution in [0.15, 0.2) is 17.0 Å². The summed E-state index contributed by atoms with van der Waals surface area (Å²) in [5.41, 5.74) is 0.905. The van der Waals surface area contributed by atoms with E-state index in [0.717, 1.165) is 31.3 Å². The average molecular weight is 393 g/mol. The fraction of sp³-hybridized carbons (Fsp3) is 0.556. The monoisotopic (exact) mass is 393 g/mol. The zero-order valence-electron chi connectivity index (χ0n) is 15.6. The summed E-state index contributed by atoms with van der Waals surface area (Å²) < 4.78 is 43.5. The van der Waals surface area contributed by atoms with Gasteiger partial charge in [-0.1, -0.05) is 0 Å².